The summed E-state index contributed by atoms with van der Waals surface area (Å²) >= 11 is 7.41. The van der Waals surface area contributed by atoms with Gasteiger partial charge in [-0.2, -0.15) is 0 Å². The molecule has 0 saturated carbocycles. The largest absolute Gasteiger partial charge is 0.330 e. The molecule has 0 bridgehead atoms. The lowest BCUT2D eigenvalue weighted by atomic mass is 10.3. The molecule has 0 radical (unpaired) electrons. The van der Waals surface area contributed by atoms with Crippen molar-refractivity contribution < 1.29 is 4.92 Å². The minimum Gasteiger partial charge on any atom is -0.330 e. The van der Waals surface area contributed by atoms with E-state index in [1.165, 1.54) is 23.9 Å². The van der Waals surface area contributed by atoms with Crippen LogP contribution in [0.15, 0.2) is 28.3 Å². The van der Waals surface area contributed by atoms with E-state index in [0.29, 0.717) is 28.0 Å². The molecule has 0 amide bonds. The number of non-ortho nitro benzene ring substituents is 1. The molecule has 0 atom stereocenters. The molecule has 0 aliphatic heterocycles. The van der Waals surface area contributed by atoms with Crippen LogP contribution in [0, 0.1) is 10.1 Å². The molecule has 9 heteroatoms. The minimum atomic E-state index is -0.478. The zero-order valence-electron chi connectivity index (χ0n) is 11.3. The van der Waals surface area contributed by atoms with E-state index < -0.39 is 4.92 Å². The summed E-state index contributed by atoms with van der Waals surface area (Å²) in [5, 5.41) is 19.9. The summed E-state index contributed by atoms with van der Waals surface area (Å²) in [5.41, 5.74) is 5.51. The van der Waals surface area contributed by atoms with Gasteiger partial charge in [-0.05, 0) is 31.3 Å². The van der Waals surface area contributed by atoms with Gasteiger partial charge in [0.1, 0.15) is 5.82 Å². The smallest absolute Gasteiger partial charge is 0.270 e. The van der Waals surface area contributed by atoms with E-state index in [0.717, 1.165) is 12.4 Å². The van der Waals surface area contributed by atoms with E-state index in [2.05, 4.69) is 10.2 Å². The molecule has 0 saturated heterocycles. The van der Waals surface area contributed by atoms with Crippen molar-refractivity contribution in [3.63, 3.8) is 0 Å². The van der Waals surface area contributed by atoms with E-state index in [1.807, 2.05) is 11.5 Å². The van der Waals surface area contributed by atoms with Crippen LogP contribution >= 0.6 is 23.4 Å². The fourth-order valence-corrected chi connectivity index (χ4v) is 3.02. The van der Waals surface area contributed by atoms with Crippen molar-refractivity contribution in [1.29, 1.82) is 0 Å². The third-order valence-electron chi connectivity index (χ3n) is 2.81. The third-order valence-corrected chi connectivity index (χ3v) is 4.29. The van der Waals surface area contributed by atoms with Crippen molar-refractivity contribution in [2.45, 2.75) is 29.9 Å². The number of nitro benzene ring substituents is 1. The van der Waals surface area contributed by atoms with Crippen LogP contribution in [0.2, 0.25) is 5.02 Å². The van der Waals surface area contributed by atoms with Gasteiger partial charge in [0, 0.05) is 30.0 Å². The summed E-state index contributed by atoms with van der Waals surface area (Å²) in [7, 11) is 0. The number of hydrogen-bond acceptors (Lipinski definition) is 6. The van der Waals surface area contributed by atoms with E-state index in [1.54, 1.807) is 6.07 Å². The van der Waals surface area contributed by atoms with E-state index >= 15 is 0 Å². The molecule has 0 aliphatic carbocycles. The summed E-state index contributed by atoms with van der Waals surface area (Å²) in [4.78, 5) is 10.9. The molecule has 1 heterocycles. The molecule has 2 rings (SSSR count). The van der Waals surface area contributed by atoms with Crippen LogP contribution in [0.25, 0.3) is 0 Å². The number of hydrogen-bond donors (Lipinski definition) is 1. The predicted molar refractivity (Wildman–Crippen MR) is 80.7 cm³/mol. The second-order valence-corrected chi connectivity index (χ2v) is 5.57. The Morgan fingerprint density at radius 3 is 2.81 bits per heavy atom. The molecule has 1 aromatic carbocycles. The van der Waals surface area contributed by atoms with Crippen LogP contribution in [-0.2, 0) is 13.0 Å². The van der Waals surface area contributed by atoms with Gasteiger partial charge in [-0.25, -0.2) is 0 Å². The Bertz CT molecular complexity index is 661. The maximum atomic E-state index is 10.7. The van der Waals surface area contributed by atoms with E-state index in [-0.39, 0.29) is 5.69 Å². The SMILES string of the molecule is CCn1c(CCN)nnc1Sc1ccc([N+](=O)[O-])cc1Cl. The number of benzene rings is 1. The van der Waals surface area contributed by atoms with Crippen molar-refractivity contribution in [2.24, 2.45) is 5.73 Å². The van der Waals surface area contributed by atoms with Crippen LogP contribution < -0.4 is 5.73 Å². The average molecular weight is 328 g/mol. The van der Waals surface area contributed by atoms with Gasteiger partial charge >= 0.3 is 0 Å². The van der Waals surface area contributed by atoms with Crippen LogP contribution in [0.5, 0.6) is 0 Å². The van der Waals surface area contributed by atoms with Crippen LogP contribution in [-0.4, -0.2) is 26.2 Å². The van der Waals surface area contributed by atoms with Crippen molar-refractivity contribution in [1.82, 2.24) is 14.8 Å². The number of halogens is 1. The van der Waals surface area contributed by atoms with Crippen molar-refractivity contribution in [2.75, 3.05) is 6.54 Å². The molecule has 0 spiro atoms. The number of nitro groups is 1. The van der Waals surface area contributed by atoms with E-state index in [4.69, 9.17) is 17.3 Å². The molecule has 1 aromatic heterocycles. The van der Waals surface area contributed by atoms with Crippen LogP contribution in [0.4, 0.5) is 5.69 Å². The minimum absolute atomic E-state index is 0.0369. The van der Waals surface area contributed by atoms with Crippen molar-refractivity contribution >= 4 is 29.1 Å². The highest BCUT2D eigenvalue weighted by molar-refractivity contribution is 7.99. The number of aromatic nitrogens is 3. The summed E-state index contributed by atoms with van der Waals surface area (Å²) in [5.74, 6) is 0.820. The van der Waals surface area contributed by atoms with Gasteiger partial charge in [-0.3, -0.25) is 10.1 Å². The highest BCUT2D eigenvalue weighted by atomic mass is 35.5. The molecule has 7 nitrogen and oxygen atoms in total. The highest BCUT2D eigenvalue weighted by Crippen LogP contribution is 2.34. The highest BCUT2D eigenvalue weighted by Gasteiger charge is 2.15. The molecule has 0 unspecified atom stereocenters. The molecular formula is C12H14ClN5O2S. The number of nitrogens with zero attached hydrogens (tertiary/aromatic N) is 4. The first-order valence-electron chi connectivity index (χ1n) is 6.30. The predicted octanol–water partition coefficient (Wildman–Crippen LogP) is 2.51. The van der Waals surface area contributed by atoms with Gasteiger partial charge in [-0.15, -0.1) is 10.2 Å². The lowest BCUT2D eigenvalue weighted by Crippen LogP contribution is -2.09. The maximum Gasteiger partial charge on any atom is 0.270 e. The summed E-state index contributed by atoms with van der Waals surface area (Å²) < 4.78 is 1.95. The Morgan fingerprint density at radius 2 is 2.24 bits per heavy atom. The molecule has 0 fully saturated rings. The lowest BCUT2D eigenvalue weighted by molar-refractivity contribution is -0.384. The van der Waals surface area contributed by atoms with Gasteiger partial charge in [0.15, 0.2) is 5.16 Å². The molecule has 0 aliphatic rings. The standard InChI is InChI=1S/C12H14ClN5O2S/c1-2-17-11(5-6-14)15-16-12(17)21-10-4-3-8(18(19)20)7-9(10)13/h3-4,7H,2,5-6,14H2,1H3. The van der Waals surface area contributed by atoms with Crippen molar-refractivity contribution in [3.05, 3.63) is 39.2 Å². The Labute approximate surface area is 130 Å². The topological polar surface area (TPSA) is 99.9 Å². The van der Waals surface area contributed by atoms with Gasteiger partial charge < -0.3 is 10.3 Å². The Kier molecular flexibility index (Phi) is 5.16. The fourth-order valence-electron chi connectivity index (χ4n) is 1.81. The first-order valence-corrected chi connectivity index (χ1v) is 7.50. The van der Waals surface area contributed by atoms with Gasteiger partial charge in [0.2, 0.25) is 0 Å². The van der Waals surface area contributed by atoms with Gasteiger partial charge in [0.25, 0.3) is 5.69 Å². The second-order valence-electron chi connectivity index (χ2n) is 4.16. The van der Waals surface area contributed by atoms with Gasteiger partial charge in [0.05, 0.1) is 9.95 Å². The first-order chi connectivity index (χ1) is 10.1. The molecule has 21 heavy (non-hydrogen) atoms. The average Bonchev–Trinajstić information content (AvgIpc) is 2.83. The summed E-state index contributed by atoms with van der Waals surface area (Å²) in [6, 6.07) is 4.36. The van der Waals surface area contributed by atoms with Crippen LogP contribution in [0.1, 0.15) is 12.7 Å². The fraction of sp³-hybridized carbons (Fsp3) is 0.333. The maximum absolute atomic E-state index is 10.7. The van der Waals surface area contributed by atoms with Gasteiger partial charge in [-0.1, -0.05) is 11.6 Å². The molecular weight excluding hydrogens is 314 g/mol. The molecule has 2 aromatic rings. The summed E-state index contributed by atoms with van der Waals surface area (Å²) in [6.45, 7) is 3.21. The zero-order chi connectivity index (χ0) is 15.4. The lowest BCUT2D eigenvalue weighted by Gasteiger charge is -2.07. The van der Waals surface area contributed by atoms with Crippen molar-refractivity contribution in [3.8, 4) is 0 Å². The Morgan fingerprint density at radius 1 is 1.48 bits per heavy atom. The number of rotatable bonds is 6. The quantitative estimate of drug-likeness (QED) is 0.646. The Balaban J connectivity index is 2.28. The molecule has 112 valence electrons. The van der Waals surface area contributed by atoms with Crippen LogP contribution in [0.3, 0.4) is 0 Å². The number of nitrogens with two attached hydrogens (primary N) is 1. The monoisotopic (exact) mass is 327 g/mol. The normalized spacial score (nSPS) is 10.8. The second kappa shape index (κ2) is 6.88. The third kappa shape index (κ3) is 3.52. The zero-order valence-corrected chi connectivity index (χ0v) is 12.9. The molecule has 2 N–H and O–H groups in total. The Hall–Kier alpha value is -1.64. The first kappa shape index (κ1) is 15.7. The summed E-state index contributed by atoms with van der Waals surface area (Å²) in [6.07, 6.45) is 0.648. The van der Waals surface area contributed by atoms with E-state index in [9.17, 15) is 10.1 Å².